The Labute approximate surface area is 139 Å². The van der Waals surface area contributed by atoms with Crippen molar-refractivity contribution in [3.8, 4) is 5.75 Å². The zero-order valence-electron chi connectivity index (χ0n) is 12.5. The van der Waals surface area contributed by atoms with Gasteiger partial charge in [0.1, 0.15) is 5.75 Å². The smallest absolute Gasteiger partial charge is 0.310 e. The standard InChI is InChI=1S/C14H18N4O3S2/c19-23(20,21-13-8-2-1-3-9-13)11-10-22-14-15-16-17-18(14)12-6-4-5-7-12/h1-3,8-9,12H,4-7,10-11H2. The van der Waals surface area contributed by atoms with Crippen molar-refractivity contribution in [2.75, 3.05) is 11.5 Å². The first kappa shape index (κ1) is 16.3. The summed E-state index contributed by atoms with van der Waals surface area (Å²) in [6.45, 7) is 0. The molecule has 2 aromatic rings. The highest BCUT2D eigenvalue weighted by molar-refractivity contribution is 8.00. The van der Waals surface area contributed by atoms with Crippen LogP contribution in [-0.4, -0.2) is 40.1 Å². The van der Waals surface area contributed by atoms with Crippen LogP contribution in [0.25, 0.3) is 0 Å². The van der Waals surface area contributed by atoms with E-state index in [4.69, 9.17) is 4.18 Å². The van der Waals surface area contributed by atoms with Gasteiger partial charge in [0.25, 0.3) is 0 Å². The fourth-order valence-corrected chi connectivity index (χ4v) is 4.79. The number of nitrogens with zero attached hydrogens (tertiary/aromatic N) is 4. The van der Waals surface area contributed by atoms with E-state index in [-0.39, 0.29) is 5.75 Å². The molecule has 1 aliphatic rings. The Balaban J connectivity index is 1.54. The average molecular weight is 354 g/mol. The van der Waals surface area contributed by atoms with Crippen LogP contribution in [0.5, 0.6) is 5.75 Å². The van der Waals surface area contributed by atoms with Gasteiger partial charge < -0.3 is 4.18 Å². The third-order valence-corrected chi connectivity index (χ3v) is 6.01. The van der Waals surface area contributed by atoms with Gasteiger partial charge in [0.2, 0.25) is 5.16 Å². The van der Waals surface area contributed by atoms with Crippen molar-refractivity contribution in [3.05, 3.63) is 30.3 Å². The maximum atomic E-state index is 12.0. The molecule has 0 unspecified atom stereocenters. The molecule has 23 heavy (non-hydrogen) atoms. The van der Waals surface area contributed by atoms with Gasteiger partial charge in [-0.3, -0.25) is 0 Å². The van der Waals surface area contributed by atoms with E-state index in [2.05, 4.69) is 15.5 Å². The van der Waals surface area contributed by atoms with Gasteiger partial charge in [0.15, 0.2) is 0 Å². The summed E-state index contributed by atoms with van der Waals surface area (Å²) in [5.74, 6) is 0.583. The van der Waals surface area contributed by atoms with E-state index in [0.29, 0.717) is 22.7 Å². The van der Waals surface area contributed by atoms with Crippen LogP contribution in [0.4, 0.5) is 0 Å². The van der Waals surface area contributed by atoms with E-state index in [9.17, 15) is 8.42 Å². The highest BCUT2D eigenvalue weighted by Gasteiger charge is 2.22. The number of aromatic nitrogens is 4. The quantitative estimate of drug-likeness (QED) is 0.557. The highest BCUT2D eigenvalue weighted by atomic mass is 32.2. The molecule has 1 aromatic carbocycles. The van der Waals surface area contributed by atoms with Crippen molar-refractivity contribution in [1.29, 1.82) is 0 Å². The van der Waals surface area contributed by atoms with Crippen LogP contribution < -0.4 is 4.18 Å². The van der Waals surface area contributed by atoms with E-state index in [1.54, 1.807) is 30.3 Å². The minimum absolute atomic E-state index is 0.0932. The van der Waals surface area contributed by atoms with Crippen LogP contribution in [0.3, 0.4) is 0 Å². The molecule has 1 aliphatic carbocycles. The number of para-hydroxylation sites is 1. The summed E-state index contributed by atoms with van der Waals surface area (Å²) in [6, 6.07) is 8.84. The number of tetrazole rings is 1. The SMILES string of the molecule is O=S(=O)(CCSc1nnnn1C1CCCC1)Oc1ccccc1. The predicted molar refractivity (Wildman–Crippen MR) is 86.9 cm³/mol. The molecule has 0 aliphatic heterocycles. The molecular weight excluding hydrogens is 336 g/mol. The third-order valence-electron chi connectivity index (χ3n) is 3.66. The summed E-state index contributed by atoms with van der Waals surface area (Å²) in [5.41, 5.74) is 0. The molecule has 0 atom stereocenters. The fourth-order valence-electron chi connectivity index (χ4n) is 2.56. The first-order valence-corrected chi connectivity index (χ1v) is 10.1. The first-order chi connectivity index (χ1) is 11.1. The van der Waals surface area contributed by atoms with Gasteiger partial charge in [0, 0.05) is 5.75 Å². The lowest BCUT2D eigenvalue weighted by Gasteiger charge is -2.10. The molecule has 1 saturated carbocycles. The van der Waals surface area contributed by atoms with Gasteiger partial charge in [-0.2, -0.15) is 8.42 Å². The van der Waals surface area contributed by atoms with Crippen molar-refractivity contribution in [1.82, 2.24) is 20.2 Å². The lowest BCUT2D eigenvalue weighted by molar-refractivity contribution is 0.423. The summed E-state index contributed by atoms with van der Waals surface area (Å²) in [7, 11) is -3.62. The summed E-state index contributed by atoms with van der Waals surface area (Å²) < 4.78 is 30.8. The van der Waals surface area contributed by atoms with E-state index >= 15 is 0 Å². The molecule has 1 aromatic heterocycles. The molecule has 0 saturated heterocycles. The van der Waals surface area contributed by atoms with E-state index in [1.807, 2.05) is 4.68 Å². The Morgan fingerprint density at radius 1 is 1.22 bits per heavy atom. The van der Waals surface area contributed by atoms with Crippen molar-refractivity contribution < 1.29 is 12.6 Å². The highest BCUT2D eigenvalue weighted by Crippen LogP contribution is 2.31. The van der Waals surface area contributed by atoms with Crippen LogP contribution in [0.2, 0.25) is 0 Å². The Hall–Kier alpha value is -1.61. The Kier molecular flexibility index (Phi) is 5.16. The number of benzene rings is 1. The van der Waals surface area contributed by atoms with Crippen molar-refractivity contribution in [3.63, 3.8) is 0 Å². The van der Waals surface area contributed by atoms with Gasteiger partial charge in [-0.25, -0.2) is 4.68 Å². The lowest BCUT2D eigenvalue weighted by Crippen LogP contribution is -2.16. The number of thioether (sulfide) groups is 1. The number of hydrogen-bond donors (Lipinski definition) is 0. The maximum Gasteiger partial charge on any atom is 0.310 e. The lowest BCUT2D eigenvalue weighted by atomic mass is 10.3. The molecule has 124 valence electrons. The minimum atomic E-state index is -3.62. The van der Waals surface area contributed by atoms with Crippen LogP contribution in [0.15, 0.2) is 35.5 Å². The Morgan fingerprint density at radius 2 is 1.96 bits per heavy atom. The molecule has 0 radical (unpaired) electrons. The second-order valence-electron chi connectivity index (χ2n) is 5.35. The van der Waals surface area contributed by atoms with Gasteiger partial charge in [0.05, 0.1) is 11.8 Å². The second kappa shape index (κ2) is 7.31. The van der Waals surface area contributed by atoms with E-state index in [0.717, 1.165) is 12.8 Å². The Bertz CT molecular complexity index is 727. The van der Waals surface area contributed by atoms with Crippen molar-refractivity contribution in [2.45, 2.75) is 36.9 Å². The molecular formula is C14H18N4O3S2. The molecule has 0 spiro atoms. The second-order valence-corrected chi connectivity index (χ2v) is 8.10. The Morgan fingerprint density at radius 3 is 2.70 bits per heavy atom. The maximum absolute atomic E-state index is 12.0. The molecule has 0 N–H and O–H groups in total. The summed E-state index contributed by atoms with van der Waals surface area (Å²) in [5, 5.41) is 12.4. The summed E-state index contributed by atoms with van der Waals surface area (Å²) >= 11 is 1.35. The molecule has 0 bridgehead atoms. The average Bonchev–Trinajstić information content (AvgIpc) is 3.18. The molecule has 7 nitrogen and oxygen atoms in total. The van der Waals surface area contributed by atoms with E-state index < -0.39 is 10.1 Å². The monoisotopic (exact) mass is 354 g/mol. The largest absolute Gasteiger partial charge is 0.382 e. The van der Waals surface area contributed by atoms with Gasteiger partial charge in [-0.05, 0) is 35.4 Å². The van der Waals surface area contributed by atoms with Crippen molar-refractivity contribution >= 4 is 21.9 Å². The zero-order valence-corrected chi connectivity index (χ0v) is 14.2. The number of rotatable bonds is 7. The zero-order chi connectivity index (χ0) is 16.1. The minimum Gasteiger partial charge on any atom is -0.382 e. The first-order valence-electron chi connectivity index (χ1n) is 7.52. The summed E-state index contributed by atoms with van der Waals surface area (Å²) in [4.78, 5) is 0. The molecule has 1 fully saturated rings. The topological polar surface area (TPSA) is 87.0 Å². The van der Waals surface area contributed by atoms with Crippen LogP contribution in [0, 0.1) is 0 Å². The normalized spacial score (nSPS) is 15.8. The van der Waals surface area contributed by atoms with Gasteiger partial charge >= 0.3 is 10.1 Å². The van der Waals surface area contributed by atoms with Gasteiger partial charge in [-0.15, -0.1) is 5.10 Å². The summed E-state index contributed by atoms with van der Waals surface area (Å²) in [6.07, 6.45) is 4.53. The number of hydrogen-bond acceptors (Lipinski definition) is 7. The third kappa shape index (κ3) is 4.44. The van der Waals surface area contributed by atoms with E-state index in [1.165, 1.54) is 24.6 Å². The van der Waals surface area contributed by atoms with Crippen molar-refractivity contribution in [2.24, 2.45) is 0 Å². The molecule has 1 heterocycles. The van der Waals surface area contributed by atoms with Crippen LogP contribution >= 0.6 is 11.8 Å². The van der Waals surface area contributed by atoms with Gasteiger partial charge in [-0.1, -0.05) is 42.8 Å². The molecule has 9 heteroatoms. The molecule has 3 rings (SSSR count). The van der Waals surface area contributed by atoms with Crippen LogP contribution in [-0.2, 0) is 10.1 Å². The fraction of sp³-hybridized carbons (Fsp3) is 0.500. The predicted octanol–water partition coefficient (Wildman–Crippen LogP) is 2.29. The van der Waals surface area contributed by atoms with Crippen LogP contribution in [0.1, 0.15) is 31.7 Å². The molecule has 0 amide bonds.